The fourth-order valence-electron chi connectivity index (χ4n) is 7.20. The summed E-state index contributed by atoms with van der Waals surface area (Å²) in [6, 6.07) is 3.08. The van der Waals surface area contributed by atoms with E-state index in [1.54, 1.807) is 6.92 Å². The molecular weight excluding hydrogens is 637 g/mol. The lowest BCUT2D eigenvalue weighted by Crippen LogP contribution is -2.68. The highest BCUT2D eigenvalue weighted by molar-refractivity contribution is 6.30. The largest absolute Gasteiger partial charge is 0.507 e. The quantitative estimate of drug-likeness (QED) is 0.189. The number of carbonyl (C=O) groups is 4. The first-order valence-electron chi connectivity index (χ1n) is 14.0. The lowest BCUT2D eigenvalue weighted by Gasteiger charge is -2.53. The lowest BCUT2D eigenvalue weighted by molar-refractivity contribution is -0.166. The number of nitrogens with one attached hydrogen (secondary N) is 2. The Labute approximate surface area is 264 Å². The second kappa shape index (κ2) is 11.6. The van der Waals surface area contributed by atoms with Gasteiger partial charge < -0.3 is 41.7 Å². The van der Waals surface area contributed by atoms with E-state index in [1.807, 2.05) is 5.32 Å². The molecule has 46 heavy (non-hydrogen) atoms. The van der Waals surface area contributed by atoms with Crippen LogP contribution in [-0.2, 0) is 20.6 Å². The predicted octanol–water partition coefficient (Wildman–Crippen LogP) is 2.86. The minimum atomic E-state index is -4.86. The summed E-state index contributed by atoms with van der Waals surface area (Å²) in [4.78, 5) is 53.9. The Morgan fingerprint density at radius 2 is 1.61 bits per heavy atom. The Morgan fingerprint density at radius 1 is 1.00 bits per heavy atom. The summed E-state index contributed by atoms with van der Waals surface area (Å²) in [6.07, 6.45) is -7.97. The second-order valence-corrected chi connectivity index (χ2v) is 12.3. The van der Waals surface area contributed by atoms with Gasteiger partial charge in [-0.1, -0.05) is 24.6 Å². The highest BCUT2D eigenvalue weighted by atomic mass is 35.5. The van der Waals surface area contributed by atoms with E-state index < -0.39 is 106 Å². The van der Waals surface area contributed by atoms with Crippen molar-refractivity contribution in [3.63, 3.8) is 0 Å². The third-order valence-corrected chi connectivity index (χ3v) is 9.38. The van der Waals surface area contributed by atoms with Gasteiger partial charge in [-0.15, -0.1) is 0 Å². The molecule has 0 aromatic heterocycles. The molecule has 12 nitrogen and oxygen atoms in total. The zero-order valence-corrected chi connectivity index (χ0v) is 25.2. The monoisotopic (exact) mass is 666 g/mol. The van der Waals surface area contributed by atoms with E-state index in [0.717, 1.165) is 12.1 Å². The summed E-state index contributed by atoms with van der Waals surface area (Å²) in [6.45, 7) is 1.60. The van der Waals surface area contributed by atoms with Crippen LogP contribution in [0.25, 0.3) is 5.76 Å². The maximum absolute atomic E-state index is 14.0. The smallest absolute Gasteiger partial charge is 0.418 e. The number of carbonyl (C=O) groups excluding carboxylic acids is 4. The van der Waals surface area contributed by atoms with Crippen LogP contribution in [0.4, 0.5) is 29.3 Å². The number of Topliss-reactive ketones (excluding diaryl/α,β-unsaturated/α-hetero) is 2. The van der Waals surface area contributed by atoms with Crippen LogP contribution in [0, 0.1) is 23.7 Å². The molecule has 2 aromatic rings. The molecule has 5 rings (SSSR count). The van der Waals surface area contributed by atoms with E-state index in [1.165, 1.54) is 31.1 Å². The molecule has 0 bridgehead atoms. The van der Waals surface area contributed by atoms with Gasteiger partial charge in [0.1, 0.15) is 17.4 Å². The zero-order chi connectivity index (χ0) is 34.2. The van der Waals surface area contributed by atoms with Gasteiger partial charge in [0.25, 0.3) is 0 Å². The number of nitrogens with zero attached hydrogens (tertiary/aromatic N) is 1. The topological polar surface area (TPSA) is 203 Å². The van der Waals surface area contributed by atoms with Crippen LogP contribution in [0.1, 0.15) is 29.5 Å². The fourth-order valence-corrected chi connectivity index (χ4v) is 7.37. The van der Waals surface area contributed by atoms with E-state index in [-0.39, 0.29) is 21.8 Å². The van der Waals surface area contributed by atoms with Crippen LogP contribution < -0.4 is 16.4 Å². The van der Waals surface area contributed by atoms with Gasteiger partial charge in [-0.3, -0.25) is 14.4 Å². The highest BCUT2D eigenvalue weighted by Crippen LogP contribution is 2.55. The number of phenols is 1. The molecule has 2 aromatic carbocycles. The normalized spacial score (nSPS) is 29.2. The highest BCUT2D eigenvalue weighted by Gasteiger charge is 2.63. The minimum Gasteiger partial charge on any atom is -0.507 e. The Hall–Kier alpha value is -4.18. The molecular formula is C30H30ClF3N4O8. The number of aliphatic hydroxyl groups excluding tert-OH is 3. The number of aromatic hydroxyl groups is 1. The third kappa shape index (κ3) is 5.16. The Bertz CT molecular complexity index is 1700. The van der Waals surface area contributed by atoms with Gasteiger partial charge in [-0.25, -0.2) is 4.79 Å². The Kier molecular flexibility index (Phi) is 8.34. The number of urea groups is 1. The number of ketones is 2. The molecule has 2 fully saturated rings. The first kappa shape index (κ1) is 33.2. The first-order chi connectivity index (χ1) is 21.4. The summed E-state index contributed by atoms with van der Waals surface area (Å²) in [5.41, 5.74) is 2.75. The van der Waals surface area contributed by atoms with Gasteiger partial charge in [0.2, 0.25) is 5.91 Å². The molecule has 3 aliphatic carbocycles. The molecule has 3 aliphatic rings. The van der Waals surface area contributed by atoms with Gasteiger partial charge in [0.05, 0.1) is 40.6 Å². The molecule has 2 saturated carbocycles. The number of hydrogen-bond donors (Lipinski definition) is 7. The van der Waals surface area contributed by atoms with Crippen molar-refractivity contribution in [3.8, 4) is 5.75 Å². The van der Waals surface area contributed by atoms with Crippen molar-refractivity contribution < 1.29 is 52.8 Å². The number of hydrogen-bond acceptors (Lipinski definition) is 9. The number of phenolic OH excluding ortho intramolecular Hbond substituents is 1. The van der Waals surface area contributed by atoms with Crippen molar-refractivity contribution in [2.24, 2.45) is 29.4 Å². The number of halogens is 4. The molecule has 0 heterocycles. The van der Waals surface area contributed by atoms with E-state index in [0.29, 0.717) is 6.07 Å². The first-order valence-corrected chi connectivity index (χ1v) is 14.4. The molecule has 0 saturated heterocycles. The summed E-state index contributed by atoms with van der Waals surface area (Å²) in [7, 11) is 3.08. The minimum absolute atomic E-state index is 0.219. The third-order valence-electron chi connectivity index (χ3n) is 9.14. The van der Waals surface area contributed by atoms with E-state index in [9.17, 15) is 52.8 Å². The number of nitrogens with two attached hydrogens (primary N) is 1. The number of aliphatic hydroxyl groups is 3. The summed E-state index contributed by atoms with van der Waals surface area (Å²) >= 11 is 5.68. The van der Waals surface area contributed by atoms with Crippen LogP contribution in [0.3, 0.4) is 0 Å². The number of amides is 3. The van der Waals surface area contributed by atoms with Crippen molar-refractivity contribution in [2.75, 3.05) is 24.7 Å². The van der Waals surface area contributed by atoms with Crippen LogP contribution in [0.5, 0.6) is 5.75 Å². The van der Waals surface area contributed by atoms with Crippen LogP contribution >= 0.6 is 11.6 Å². The number of primary amides is 1. The number of fused-ring (bicyclic) bond motifs is 3. The molecule has 3 amide bonds. The van der Waals surface area contributed by atoms with Crippen LogP contribution in [0.15, 0.2) is 35.9 Å². The lowest BCUT2D eigenvalue weighted by atomic mass is 9.54. The van der Waals surface area contributed by atoms with Gasteiger partial charge in [-0.2, -0.15) is 13.2 Å². The molecule has 0 spiro atoms. The van der Waals surface area contributed by atoms with Crippen molar-refractivity contribution in [1.29, 1.82) is 0 Å². The number of likely N-dealkylation sites (N-methyl/N-ethyl adjacent to an activating group) is 1. The van der Waals surface area contributed by atoms with Crippen LogP contribution in [0.2, 0.25) is 5.02 Å². The van der Waals surface area contributed by atoms with Crippen molar-refractivity contribution in [3.05, 3.63) is 57.6 Å². The zero-order valence-electron chi connectivity index (χ0n) is 24.5. The maximum atomic E-state index is 14.0. The molecule has 8 atom stereocenters. The fraction of sp³-hybridized carbons (Fsp3) is 0.400. The predicted molar refractivity (Wildman–Crippen MR) is 158 cm³/mol. The van der Waals surface area contributed by atoms with Gasteiger partial charge in [-0.05, 0) is 49.8 Å². The van der Waals surface area contributed by atoms with Crippen LogP contribution in [-0.4, -0.2) is 81.2 Å². The second-order valence-electron chi connectivity index (χ2n) is 11.9. The SMILES string of the molecule is C[C@H]1c2ccc(NC(=O)Nc3ccc(Cl)cc3C(F)(F)F)c(O)c2C(O)=C2C(=O)C3C(=O)C(C(N)=O)C(O)[C@@H](N(C)C)C3[C@@H](O)C21. The maximum Gasteiger partial charge on any atom is 0.418 e. The van der Waals surface area contributed by atoms with Crippen molar-refractivity contribution in [1.82, 2.24) is 4.90 Å². The van der Waals surface area contributed by atoms with Gasteiger partial charge in [0, 0.05) is 28.5 Å². The summed E-state index contributed by atoms with van der Waals surface area (Å²) in [5.74, 6) is -11.1. The van der Waals surface area contributed by atoms with E-state index in [2.05, 4.69) is 5.32 Å². The number of benzene rings is 2. The van der Waals surface area contributed by atoms with Crippen molar-refractivity contribution >= 4 is 52.2 Å². The van der Waals surface area contributed by atoms with E-state index in [4.69, 9.17) is 17.3 Å². The molecule has 16 heteroatoms. The Balaban J connectivity index is 1.54. The molecule has 5 unspecified atom stereocenters. The van der Waals surface area contributed by atoms with Crippen molar-refractivity contribution in [2.45, 2.75) is 37.3 Å². The molecule has 0 radical (unpaired) electrons. The molecule has 0 aliphatic heterocycles. The van der Waals surface area contributed by atoms with E-state index >= 15 is 0 Å². The average molecular weight is 667 g/mol. The summed E-state index contributed by atoms with van der Waals surface area (Å²) in [5, 5.41) is 49.3. The van der Waals surface area contributed by atoms with Gasteiger partial charge in [0.15, 0.2) is 11.6 Å². The Morgan fingerprint density at radius 3 is 2.20 bits per heavy atom. The standard InChI is InChI=1S/C30H30ClF3N4O8/c1-9-11-5-7-14(37-29(46)36-13-6-4-10(31)8-12(13)30(32,33)34)22(39)16(11)24(41)18-15(9)23(40)17-19(25(18)42)26(43)20(28(35)45)27(44)21(17)38(2)3/h4-9,15,17,19-21,23,27,39-41,44H,1-3H3,(H2,35,45)(H2,36,37,46)/t9-,15?,17?,19?,20?,21-,23-,27?/m0/s1. The molecule has 246 valence electrons. The van der Waals surface area contributed by atoms with Gasteiger partial charge >= 0.3 is 12.2 Å². The number of rotatable bonds is 4. The number of alkyl halides is 3. The average Bonchev–Trinajstić information content (AvgIpc) is 2.94. The number of anilines is 2. The summed E-state index contributed by atoms with van der Waals surface area (Å²) < 4.78 is 40.5. The molecule has 8 N–H and O–H groups in total.